The zero-order chi connectivity index (χ0) is 12.8. The third kappa shape index (κ3) is 3.26. The van der Waals surface area contributed by atoms with Gasteiger partial charge in [0.25, 0.3) is 5.22 Å². The molecule has 18 heavy (non-hydrogen) atoms. The lowest BCUT2D eigenvalue weighted by atomic mass is 10.2. The molecule has 0 radical (unpaired) electrons. The first-order valence-corrected chi connectivity index (χ1v) is 6.92. The Kier molecular flexibility index (Phi) is 4.64. The highest BCUT2D eigenvalue weighted by Crippen LogP contribution is 2.25. The molecule has 4 nitrogen and oxygen atoms in total. The van der Waals surface area contributed by atoms with E-state index in [2.05, 4.69) is 17.1 Å². The van der Waals surface area contributed by atoms with Crippen molar-refractivity contribution in [3.63, 3.8) is 0 Å². The van der Waals surface area contributed by atoms with Gasteiger partial charge in [0.15, 0.2) is 0 Å². The maximum absolute atomic E-state index is 5.59. The first kappa shape index (κ1) is 13.0. The number of hydrogen-bond acceptors (Lipinski definition) is 5. The van der Waals surface area contributed by atoms with Gasteiger partial charge in [0.05, 0.1) is 7.11 Å². The van der Waals surface area contributed by atoms with Crippen molar-refractivity contribution < 1.29 is 9.15 Å². The molecule has 0 bridgehead atoms. The Morgan fingerprint density at radius 3 is 2.67 bits per heavy atom. The lowest BCUT2D eigenvalue weighted by Crippen LogP contribution is -1.82. The predicted molar refractivity (Wildman–Crippen MR) is 71.9 cm³/mol. The van der Waals surface area contributed by atoms with Gasteiger partial charge in [-0.05, 0) is 30.7 Å². The van der Waals surface area contributed by atoms with Crippen LogP contribution in [0.1, 0.15) is 19.8 Å². The smallest absolute Gasteiger partial charge is 0.276 e. The zero-order valence-corrected chi connectivity index (χ0v) is 11.4. The second-order valence-corrected chi connectivity index (χ2v) is 4.85. The molecule has 0 atom stereocenters. The quantitative estimate of drug-likeness (QED) is 0.589. The molecule has 0 amide bonds. The van der Waals surface area contributed by atoms with Crippen molar-refractivity contribution >= 4 is 11.8 Å². The fourth-order valence-corrected chi connectivity index (χ4v) is 2.27. The number of benzene rings is 1. The van der Waals surface area contributed by atoms with Gasteiger partial charge in [0, 0.05) is 11.3 Å². The Morgan fingerprint density at radius 2 is 2.00 bits per heavy atom. The molecule has 0 spiro atoms. The average molecular weight is 264 g/mol. The third-order valence-corrected chi connectivity index (χ3v) is 3.37. The van der Waals surface area contributed by atoms with E-state index < -0.39 is 0 Å². The number of ether oxygens (including phenoxy) is 1. The molecule has 1 aromatic carbocycles. The summed E-state index contributed by atoms with van der Waals surface area (Å²) in [6.07, 6.45) is 2.33. The van der Waals surface area contributed by atoms with Crippen LogP contribution in [0.15, 0.2) is 33.9 Å². The summed E-state index contributed by atoms with van der Waals surface area (Å²) in [6.45, 7) is 2.16. The van der Waals surface area contributed by atoms with Gasteiger partial charge in [0.1, 0.15) is 5.75 Å². The summed E-state index contributed by atoms with van der Waals surface area (Å²) in [5.41, 5.74) is 0.908. The van der Waals surface area contributed by atoms with E-state index in [1.807, 2.05) is 24.3 Å². The summed E-state index contributed by atoms with van der Waals surface area (Å²) in [6, 6.07) is 7.58. The summed E-state index contributed by atoms with van der Waals surface area (Å²) >= 11 is 1.60. The normalized spacial score (nSPS) is 10.6. The number of aromatic nitrogens is 2. The minimum absolute atomic E-state index is 0.552. The van der Waals surface area contributed by atoms with Gasteiger partial charge >= 0.3 is 0 Å². The van der Waals surface area contributed by atoms with Crippen LogP contribution in [0.4, 0.5) is 0 Å². The Hall–Kier alpha value is -1.49. The van der Waals surface area contributed by atoms with Gasteiger partial charge in [-0.25, -0.2) is 0 Å². The van der Waals surface area contributed by atoms with E-state index in [0.29, 0.717) is 11.1 Å². The van der Waals surface area contributed by atoms with Crippen LogP contribution < -0.4 is 4.74 Å². The van der Waals surface area contributed by atoms with E-state index in [4.69, 9.17) is 9.15 Å². The molecule has 0 saturated heterocycles. The second kappa shape index (κ2) is 6.44. The molecule has 1 heterocycles. The largest absolute Gasteiger partial charge is 0.497 e. The van der Waals surface area contributed by atoms with Crippen LogP contribution in [0, 0.1) is 0 Å². The second-order valence-electron chi connectivity index (χ2n) is 3.80. The number of thioether (sulfide) groups is 1. The van der Waals surface area contributed by atoms with Crippen LogP contribution in [0.2, 0.25) is 0 Å². The Labute approximate surface area is 111 Å². The number of methoxy groups -OCH3 is 1. The highest BCUT2D eigenvalue weighted by atomic mass is 32.2. The SMILES string of the molecule is CCCCSc1nnc(-c2ccc(OC)cc2)o1. The summed E-state index contributed by atoms with van der Waals surface area (Å²) in [4.78, 5) is 0. The van der Waals surface area contributed by atoms with Gasteiger partial charge in [-0.3, -0.25) is 0 Å². The highest BCUT2D eigenvalue weighted by Gasteiger charge is 2.08. The highest BCUT2D eigenvalue weighted by molar-refractivity contribution is 7.99. The van der Waals surface area contributed by atoms with Gasteiger partial charge in [-0.15, -0.1) is 10.2 Å². The van der Waals surface area contributed by atoms with E-state index in [-0.39, 0.29) is 0 Å². The van der Waals surface area contributed by atoms with Crippen molar-refractivity contribution in [2.45, 2.75) is 25.0 Å². The molecule has 0 saturated carbocycles. The Bertz CT molecular complexity index is 482. The summed E-state index contributed by atoms with van der Waals surface area (Å²) in [5, 5.41) is 8.70. The molecule has 0 aliphatic rings. The maximum atomic E-state index is 5.59. The lowest BCUT2D eigenvalue weighted by Gasteiger charge is -1.99. The van der Waals surface area contributed by atoms with Crippen LogP contribution in [-0.4, -0.2) is 23.1 Å². The van der Waals surface area contributed by atoms with Crippen molar-refractivity contribution in [3.05, 3.63) is 24.3 Å². The van der Waals surface area contributed by atoms with Crippen LogP contribution in [-0.2, 0) is 0 Å². The van der Waals surface area contributed by atoms with Crippen LogP contribution in [0.3, 0.4) is 0 Å². The fraction of sp³-hybridized carbons (Fsp3) is 0.385. The molecule has 0 unspecified atom stereocenters. The van der Waals surface area contributed by atoms with E-state index in [1.165, 1.54) is 6.42 Å². The van der Waals surface area contributed by atoms with E-state index in [9.17, 15) is 0 Å². The Balaban J connectivity index is 2.04. The van der Waals surface area contributed by atoms with Crippen LogP contribution >= 0.6 is 11.8 Å². The Morgan fingerprint density at radius 1 is 1.22 bits per heavy atom. The maximum Gasteiger partial charge on any atom is 0.276 e. The average Bonchev–Trinajstić information content (AvgIpc) is 2.88. The van der Waals surface area contributed by atoms with Gasteiger partial charge < -0.3 is 9.15 Å². The number of nitrogens with zero attached hydrogens (tertiary/aromatic N) is 2. The van der Waals surface area contributed by atoms with Crippen LogP contribution in [0.5, 0.6) is 5.75 Å². The molecule has 0 aliphatic carbocycles. The summed E-state index contributed by atoms with van der Waals surface area (Å²) < 4.78 is 10.7. The minimum atomic E-state index is 0.552. The molecule has 0 aliphatic heterocycles. The number of rotatable bonds is 6. The van der Waals surface area contributed by atoms with Crippen molar-refractivity contribution in [2.24, 2.45) is 0 Å². The predicted octanol–water partition coefficient (Wildman–Crippen LogP) is 3.64. The van der Waals surface area contributed by atoms with E-state index in [1.54, 1.807) is 18.9 Å². The fourth-order valence-electron chi connectivity index (χ4n) is 1.42. The lowest BCUT2D eigenvalue weighted by molar-refractivity contribution is 0.414. The monoisotopic (exact) mass is 264 g/mol. The minimum Gasteiger partial charge on any atom is -0.497 e. The van der Waals surface area contributed by atoms with Crippen LogP contribution in [0.25, 0.3) is 11.5 Å². The van der Waals surface area contributed by atoms with Gasteiger partial charge in [-0.2, -0.15) is 0 Å². The van der Waals surface area contributed by atoms with Crippen molar-refractivity contribution in [3.8, 4) is 17.2 Å². The molecule has 1 aromatic heterocycles. The molecule has 2 rings (SSSR count). The van der Waals surface area contributed by atoms with Crippen molar-refractivity contribution in [2.75, 3.05) is 12.9 Å². The number of unbranched alkanes of at least 4 members (excludes halogenated alkanes) is 1. The third-order valence-electron chi connectivity index (χ3n) is 2.47. The van der Waals surface area contributed by atoms with Crippen molar-refractivity contribution in [1.29, 1.82) is 0 Å². The first-order chi connectivity index (χ1) is 8.83. The van der Waals surface area contributed by atoms with E-state index in [0.717, 1.165) is 23.5 Å². The number of hydrogen-bond donors (Lipinski definition) is 0. The zero-order valence-electron chi connectivity index (χ0n) is 10.5. The summed E-state index contributed by atoms with van der Waals surface area (Å²) in [5.74, 6) is 2.38. The molecular weight excluding hydrogens is 248 g/mol. The molecular formula is C13H16N2O2S. The van der Waals surface area contributed by atoms with E-state index >= 15 is 0 Å². The van der Waals surface area contributed by atoms with Gasteiger partial charge in [0.2, 0.25) is 5.89 Å². The molecule has 2 aromatic rings. The van der Waals surface area contributed by atoms with Gasteiger partial charge in [-0.1, -0.05) is 25.1 Å². The molecule has 0 fully saturated rings. The molecule has 0 N–H and O–H groups in total. The molecule has 96 valence electrons. The summed E-state index contributed by atoms with van der Waals surface area (Å²) in [7, 11) is 1.64. The topological polar surface area (TPSA) is 48.2 Å². The molecule has 5 heteroatoms. The van der Waals surface area contributed by atoms with Crippen molar-refractivity contribution in [1.82, 2.24) is 10.2 Å². The standard InChI is InChI=1S/C13H16N2O2S/c1-3-4-9-18-13-15-14-12(17-13)10-5-7-11(16-2)8-6-10/h5-8H,3-4,9H2,1-2H3. The first-order valence-electron chi connectivity index (χ1n) is 5.94.